The van der Waals surface area contributed by atoms with Crippen LogP contribution in [0, 0.1) is 0 Å². The number of hydrogen-bond donors (Lipinski definition) is 1. The normalized spacial score (nSPS) is 20.1. The minimum Gasteiger partial charge on any atom is -0.475 e. The molecule has 10 nitrogen and oxygen atoms in total. The molecular formula is C24H27N5O5. The number of amides is 1. The summed E-state index contributed by atoms with van der Waals surface area (Å²) in [6, 6.07) is 7.23. The molecule has 1 amide bonds. The Bertz CT molecular complexity index is 1230. The van der Waals surface area contributed by atoms with Gasteiger partial charge in [-0.15, -0.1) is 0 Å². The highest BCUT2D eigenvalue weighted by atomic mass is 16.5. The molecule has 10 heteroatoms. The molecule has 1 saturated heterocycles. The highest BCUT2D eigenvalue weighted by Crippen LogP contribution is 2.30. The van der Waals surface area contributed by atoms with E-state index in [1.165, 1.54) is 0 Å². The van der Waals surface area contributed by atoms with Gasteiger partial charge in [-0.3, -0.25) is 9.59 Å². The van der Waals surface area contributed by atoms with E-state index < -0.39 is 6.10 Å². The molecule has 34 heavy (non-hydrogen) atoms. The average molecular weight is 466 g/mol. The molecular weight excluding hydrogens is 438 g/mol. The first-order chi connectivity index (χ1) is 16.5. The number of carbonyl (C=O) groups is 2. The molecule has 2 atom stereocenters. The Kier molecular flexibility index (Phi) is 6.16. The standard InChI is InChI=1S/C24H27N5O5/c1-15(30)16-9-17-11-18(10-16)25-4-6-28-19(12-21(24(28)31)33-8-7-32-2)14-34-22-3-5-29-23(27-22)20(17)13-26-29/h3,5,9-11,13,19,21,25H,4,6-8,12,14H2,1-2H3/t19-,21?/m0/s1. The zero-order valence-corrected chi connectivity index (χ0v) is 19.2. The van der Waals surface area contributed by atoms with Crippen LogP contribution in [0.4, 0.5) is 5.69 Å². The lowest BCUT2D eigenvalue weighted by Gasteiger charge is -2.25. The number of rotatable bonds is 5. The monoisotopic (exact) mass is 465 g/mol. The van der Waals surface area contributed by atoms with Gasteiger partial charge in [-0.1, -0.05) is 0 Å². The van der Waals surface area contributed by atoms with Gasteiger partial charge in [-0.2, -0.15) is 10.1 Å². The Morgan fingerprint density at radius 1 is 1.29 bits per heavy atom. The minimum atomic E-state index is -0.524. The minimum absolute atomic E-state index is 0.0368. The maximum absolute atomic E-state index is 13.1. The Balaban J connectivity index is 1.50. The van der Waals surface area contributed by atoms with Crippen LogP contribution in [0.3, 0.4) is 0 Å². The van der Waals surface area contributed by atoms with Crippen molar-refractivity contribution >= 4 is 23.0 Å². The summed E-state index contributed by atoms with van der Waals surface area (Å²) < 4.78 is 18.5. The SMILES string of the molecule is COCCOC1C[C@H]2COc3ccn4ncc(c4n3)-c3cc(cc(C(C)=O)c3)NCCN2C1=O. The first kappa shape index (κ1) is 22.3. The highest BCUT2D eigenvalue weighted by Gasteiger charge is 2.40. The van der Waals surface area contributed by atoms with Gasteiger partial charge in [0, 0.05) is 55.7 Å². The largest absolute Gasteiger partial charge is 0.475 e. The van der Waals surface area contributed by atoms with Crippen molar-refractivity contribution in [2.45, 2.75) is 25.5 Å². The summed E-state index contributed by atoms with van der Waals surface area (Å²) in [7, 11) is 1.60. The van der Waals surface area contributed by atoms with Crippen LogP contribution in [0.15, 0.2) is 36.7 Å². The molecule has 1 aromatic carbocycles. The van der Waals surface area contributed by atoms with Crippen molar-refractivity contribution in [3.63, 3.8) is 0 Å². The zero-order chi connectivity index (χ0) is 23.7. The maximum atomic E-state index is 13.1. The summed E-state index contributed by atoms with van der Waals surface area (Å²) >= 11 is 0. The molecule has 0 spiro atoms. The molecule has 5 rings (SSSR count). The molecule has 178 valence electrons. The van der Waals surface area contributed by atoms with Crippen molar-refractivity contribution in [3.8, 4) is 17.0 Å². The van der Waals surface area contributed by atoms with Crippen LogP contribution in [-0.4, -0.2) is 83.4 Å². The Hall–Kier alpha value is -3.50. The molecule has 4 heterocycles. The topological polar surface area (TPSA) is 107 Å². The van der Waals surface area contributed by atoms with E-state index in [1.807, 2.05) is 18.2 Å². The zero-order valence-electron chi connectivity index (χ0n) is 19.2. The van der Waals surface area contributed by atoms with Crippen molar-refractivity contribution < 1.29 is 23.8 Å². The van der Waals surface area contributed by atoms with Gasteiger partial charge in [0.2, 0.25) is 5.88 Å². The summed E-state index contributed by atoms with van der Waals surface area (Å²) in [4.78, 5) is 31.7. The van der Waals surface area contributed by atoms with Crippen molar-refractivity contribution in [2.24, 2.45) is 0 Å². The smallest absolute Gasteiger partial charge is 0.252 e. The maximum Gasteiger partial charge on any atom is 0.252 e. The van der Waals surface area contributed by atoms with Gasteiger partial charge in [0.1, 0.15) is 12.7 Å². The van der Waals surface area contributed by atoms with E-state index >= 15 is 0 Å². The van der Waals surface area contributed by atoms with Crippen molar-refractivity contribution in [2.75, 3.05) is 45.3 Å². The van der Waals surface area contributed by atoms with Crippen molar-refractivity contribution in [1.82, 2.24) is 19.5 Å². The number of nitrogens with one attached hydrogen (secondary N) is 1. The van der Waals surface area contributed by atoms with Crippen LogP contribution in [0.1, 0.15) is 23.7 Å². The van der Waals surface area contributed by atoms with E-state index in [-0.39, 0.29) is 17.7 Å². The van der Waals surface area contributed by atoms with Gasteiger partial charge < -0.3 is 24.4 Å². The predicted octanol–water partition coefficient (Wildman–Crippen LogP) is 2.04. The van der Waals surface area contributed by atoms with Crippen LogP contribution in [0.5, 0.6) is 5.88 Å². The first-order valence-corrected chi connectivity index (χ1v) is 11.3. The van der Waals surface area contributed by atoms with Crippen LogP contribution in [0.25, 0.3) is 16.8 Å². The predicted molar refractivity (Wildman–Crippen MR) is 124 cm³/mol. The lowest BCUT2D eigenvalue weighted by atomic mass is 10.0. The average Bonchev–Trinajstić information content (AvgIpc) is 3.38. The van der Waals surface area contributed by atoms with Gasteiger partial charge >= 0.3 is 0 Å². The van der Waals surface area contributed by atoms with E-state index in [4.69, 9.17) is 14.2 Å². The second kappa shape index (κ2) is 9.40. The van der Waals surface area contributed by atoms with E-state index in [1.54, 1.807) is 41.9 Å². The second-order valence-electron chi connectivity index (χ2n) is 8.46. The summed E-state index contributed by atoms with van der Waals surface area (Å²) in [5.41, 5.74) is 3.64. The molecule has 2 aliphatic heterocycles. The van der Waals surface area contributed by atoms with Gasteiger partial charge in [-0.05, 0) is 30.7 Å². The summed E-state index contributed by atoms with van der Waals surface area (Å²) in [5, 5.41) is 7.77. The summed E-state index contributed by atoms with van der Waals surface area (Å²) in [6.07, 6.45) is 3.53. The molecule has 1 unspecified atom stereocenters. The first-order valence-electron chi connectivity index (χ1n) is 11.3. The Labute approximate surface area is 196 Å². The van der Waals surface area contributed by atoms with E-state index in [0.717, 1.165) is 16.8 Å². The van der Waals surface area contributed by atoms with Crippen LogP contribution in [0.2, 0.25) is 0 Å². The fourth-order valence-electron chi connectivity index (χ4n) is 4.43. The second-order valence-corrected chi connectivity index (χ2v) is 8.46. The molecule has 1 N–H and O–H groups in total. The van der Waals surface area contributed by atoms with Crippen LogP contribution >= 0.6 is 0 Å². The van der Waals surface area contributed by atoms with E-state index in [9.17, 15) is 9.59 Å². The number of hydrogen-bond acceptors (Lipinski definition) is 8. The fraction of sp³-hybridized carbons (Fsp3) is 0.417. The van der Waals surface area contributed by atoms with Gasteiger partial charge in [0.25, 0.3) is 5.91 Å². The number of methoxy groups -OCH3 is 1. The van der Waals surface area contributed by atoms with Crippen LogP contribution < -0.4 is 10.1 Å². The molecule has 2 aliphatic rings. The number of nitrogens with zero attached hydrogens (tertiary/aromatic N) is 4. The third-order valence-corrected chi connectivity index (χ3v) is 6.19. The molecule has 0 radical (unpaired) electrons. The van der Waals surface area contributed by atoms with Gasteiger partial charge in [-0.25, -0.2) is 4.52 Å². The van der Waals surface area contributed by atoms with Crippen molar-refractivity contribution in [3.05, 3.63) is 42.2 Å². The number of benzene rings is 1. The number of ketones is 1. The van der Waals surface area contributed by atoms with Gasteiger partial charge in [0.15, 0.2) is 11.4 Å². The Morgan fingerprint density at radius 3 is 3.00 bits per heavy atom. The number of anilines is 1. The van der Waals surface area contributed by atoms with Crippen LogP contribution in [-0.2, 0) is 14.3 Å². The molecule has 4 bridgehead atoms. The third-order valence-electron chi connectivity index (χ3n) is 6.19. The molecule has 1 fully saturated rings. The molecule has 0 saturated carbocycles. The highest BCUT2D eigenvalue weighted by molar-refractivity contribution is 5.97. The fourth-order valence-corrected chi connectivity index (χ4v) is 4.43. The Morgan fingerprint density at radius 2 is 2.18 bits per heavy atom. The van der Waals surface area contributed by atoms with Crippen molar-refractivity contribution in [1.29, 1.82) is 0 Å². The van der Waals surface area contributed by atoms with E-state index in [2.05, 4.69) is 15.4 Å². The lowest BCUT2D eigenvalue weighted by molar-refractivity contribution is -0.138. The number of carbonyl (C=O) groups excluding carboxylic acids is 2. The number of Topliss-reactive ketones (excluding diaryl/α,β-unsaturated/α-hetero) is 1. The third kappa shape index (κ3) is 4.34. The molecule has 3 aromatic rings. The molecule has 0 aliphatic carbocycles. The summed E-state index contributed by atoms with van der Waals surface area (Å²) in [6.45, 7) is 3.62. The van der Waals surface area contributed by atoms with E-state index in [0.29, 0.717) is 56.4 Å². The lowest BCUT2D eigenvalue weighted by Crippen LogP contribution is -2.41. The molecule has 2 aromatic heterocycles. The number of fused-ring (bicyclic) bond motifs is 5. The number of ether oxygens (including phenoxy) is 3. The summed E-state index contributed by atoms with van der Waals surface area (Å²) in [5.74, 6) is 0.354. The van der Waals surface area contributed by atoms with Gasteiger partial charge in [0.05, 0.1) is 25.5 Å². The quantitative estimate of drug-likeness (QED) is 0.451. The number of aromatic nitrogens is 3.